The average molecular weight is 261 g/mol. The lowest BCUT2D eigenvalue weighted by Crippen LogP contribution is -2.54. The highest BCUT2D eigenvalue weighted by Crippen LogP contribution is 2.22. The monoisotopic (exact) mass is 261 g/mol. The number of hydrogen-bond acceptors (Lipinski definition) is 3. The van der Waals surface area contributed by atoms with Crippen LogP contribution in [0.15, 0.2) is 24.3 Å². The summed E-state index contributed by atoms with van der Waals surface area (Å²) >= 11 is 0. The zero-order valence-corrected chi connectivity index (χ0v) is 12.0. The fraction of sp³-hybridized carbons (Fsp3) is 0.533. The Morgan fingerprint density at radius 1 is 1.37 bits per heavy atom. The molecule has 19 heavy (non-hydrogen) atoms. The average Bonchev–Trinajstić information content (AvgIpc) is 2.40. The molecule has 4 heteroatoms. The van der Waals surface area contributed by atoms with Crippen molar-refractivity contribution < 1.29 is 4.79 Å². The van der Waals surface area contributed by atoms with Gasteiger partial charge in [-0.1, -0.05) is 6.07 Å². The van der Waals surface area contributed by atoms with Crippen molar-refractivity contribution in [1.82, 2.24) is 5.32 Å². The molecule has 0 saturated carbocycles. The molecule has 1 saturated heterocycles. The molecule has 1 amide bonds. The summed E-state index contributed by atoms with van der Waals surface area (Å²) in [6.45, 7) is 2.90. The molecule has 1 fully saturated rings. The Labute approximate surface area is 115 Å². The highest BCUT2D eigenvalue weighted by Gasteiger charge is 2.34. The van der Waals surface area contributed by atoms with E-state index in [-0.39, 0.29) is 5.91 Å². The van der Waals surface area contributed by atoms with E-state index in [9.17, 15) is 4.79 Å². The van der Waals surface area contributed by atoms with Crippen molar-refractivity contribution in [2.45, 2.75) is 31.7 Å². The molecule has 0 radical (unpaired) electrons. The van der Waals surface area contributed by atoms with Gasteiger partial charge in [0.05, 0.1) is 5.54 Å². The lowest BCUT2D eigenvalue weighted by Gasteiger charge is -2.33. The van der Waals surface area contributed by atoms with Gasteiger partial charge in [-0.2, -0.15) is 0 Å². The molecule has 1 aromatic rings. The number of nitrogens with one attached hydrogen (secondary N) is 2. The third kappa shape index (κ3) is 3.26. The van der Waals surface area contributed by atoms with E-state index in [1.165, 1.54) is 0 Å². The Balaban J connectivity index is 2.08. The smallest absolute Gasteiger partial charge is 0.244 e. The minimum Gasteiger partial charge on any atom is -0.378 e. The van der Waals surface area contributed by atoms with E-state index in [2.05, 4.69) is 10.6 Å². The molecule has 1 atom stereocenters. The maximum atomic E-state index is 12.4. The van der Waals surface area contributed by atoms with Gasteiger partial charge < -0.3 is 15.5 Å². The van der Waals surface area contributed by atoms with E-state index in [0.29, 0.717) is 0 Å². The first-order valence-corrected chi connectivity index (χ1v) is 6.85. The molecule has 0 spiro atoms. The number of nitrogens with zero attached hydrogens (tertiary/aromatic N) is 1. The predicted octanol–water partition coefficient (Wildman–Crippen LogP) is 2.22. The highest BCUT2D eigenvalue weighted by atomic mass is 16.2. The van der Waals surface area contributed by atoms with Crippen LogP contribution < -0.4 is 15.5 Å². The quantitative estimate of drug-likeness (QED) is 0.877. The summed E-state index contributed by atoms with van der Waals surface area (Å²) in [5, 5.41) is 6.35. The van der Waals surface area contributed by atoms with E-state index in [4.69, 9.17) is 0 Å². The number of carbonyl (C=O) groups is 1. The van der Waals surface area contributed by atoms with Crippen LogP contribution in [0.1, 0.15) is 26.2 Å². The number of anilines is 2. The molecule has 0 bridgehead atoms. The molecule has 2 rings (SSSR count). The summed E-state index contributed by atoms with van der Waals surface area (Å²) in [5.41, 5.74) is 1.50. The van der Waals surface area contributed by atoms with Crippen LogP contribution in [0, 0.1) is 0 Å². The Hall–Kier alpha value is -1.55. The molecule has 1 aliphatic rings. The number of hydrogen-bond donors (Lipinski definition) is 2. The normalized spacial score (nSPS) is 22.9. The number of piperidine rings is 1. The van der Waals surface area contributed by atoms with Crippen LogP contribution in [0.2, 0.25) is 0 Å². The molecule has 1 aromatic carbocycles. The molecular formula is C15H23N3O. The molecule has 1 heterocycles. The van der Waals surface area contributed by atoms with Crippen LogP contribution in [0.3, 0.4) is 0 Å². The van der Waals surface area contributed by atoms with Crippen LogP contribution in [-0.2, 0) is 4.79 Å². The molecule has 4 nitrogen and oxygen atoms in total. The van der Waals surface area contributed by atoms with Crippen molar-refractivity contribution in [2.24, 2.45) is 0 Å². The van der Waals surface area contributed by atoms with E-state index >= 15 is 0 Å². The van der Waals surface area contributed by atoms with Crippen LogP contribution >= 0.6 is 0 Å². The number of amides is 1. The van der Waals surface area contributed by atoms with Crippen molar-refractivity contribution >= 4 is 17.3 Å². The van der Waals surface area contributed by atoms with E-state index in [1.807, 2.05) is 50.2 Å². The van der Waals surface area contributed by atoms with Gasteiger partial charge in [-0.15, -0.1) is 0 Å². The Kier molecular flexibility index (Phi) is 4.10. The van der Waals surface area contributed by atoms with Gasteiger partial charge >= 0.3 is 0 Å². The summed E-state index contributed by atoms with van der Waals surface area (Å²) in [7, 11) is 3.98. The largest absolute Gasteiger partial charge is 0.378 e. The van der Waals surface area contributed by atoms with Crippen molar-refractivity contribution in [1.29, 1.82) is 0 Å². The van der Waals surface area contributed by atoms with Crippen molar-refractivity contribution in [3.05, 3.63) is 24.3 Å². The second kappa shape index (κ2) is 5.61. The van der Waals surface area contributed by atoms with Crippen molar-refractivity contribution in [3.8, 4) is 0 Å². The summed E-state index contributed by atoms with van der Waals surface area (Å²) in [5.74, 6) is 0.0584. The van der Waals surface area contributed by atoms with Gasteiger partial charge in [0, 0.05) is 25.5 Å². The first kappa shape index (κ1) is 13.9. The fourth-order valence-corrected chi connectivity index (χ4v) is 2.38. The van der Waals surface area contributed by atoms with E-state index in [0.717, 1.165) is 37.2 Å². The standard InChI is InChI=1S/C15H23N3O/c1-15(9-4-5-10-16-15)14(19)17-12-7-6-8-13(11-12)18(2)3/h6-8,11,16H,4-5,9-10H2,1-3H3,(H,17,19). The van der Waals surface area contributed by atoms with E-state index < -0.39 is 5.54 Å². The molecule has 0 aliphatic carbocycles. The van der Waals surface area contributed by atoms with Gasteiger partial charge in [0.25, 0.3) is 0 Å². The predicted molar refractivity (Wildman–Crippen MR) is 79.7 cm³/mol. The summed E-state index contributed by atoms with van der Waals surface area (Å²) < 4.78 is 0. The first-order chi connectivity index (χ1) is 9.01. The van der Waals surface area contributed by atoms with Gasteiger partial charge in [-0.05, 0) is 50.9 Å². The number of benzene rings is 1. The third-order valence-electron chi connectivity index (χ3n) is 3.74. The molecule has 0 aromatic heterocycles. The minimum atomic E-state index is -0.438. The number of rotatable bonds is 3. The third-order valence-corrected chi connectivity index (χ3v) is 3.74. The fourth-order valence-electron chi connectivity index (χ4n) is 2.38. The maximum absolute atomic E-state index is 12.4. The van der Waals surface area contributed by atoms with Crippen molar-refractivity contribution in [3.63, 3.8) is 0 Å². The van der Waals surface area contributed by atoms with Crippen LogP contribution in [0.5, 0.6) is 0 Å². The minimum absolute atomic E-state index is 0.0584. The van der Waals surface area contributed by atoms with Gasteiger partial charge in [0.1, 0.15) is 0 Å². The zero-order chi connectivity index (χ0) is 13.9. The Bertz CT molecular complexity index is 450. The lowest BCUT2D eigenvalue weighted by molar-refractivity contribution is -0.122. The van der Waals surface area contributed by atoms with Crippen LogP contribution in [0.25, 0.3) is 0 Å². The molecule has 1 unspecified atom stereocenters. The second-order valence-electron chi connectivity index (χ2n) is 5.61. The maximum Gasteiger partial charge on any atom is 0.244 e. The topological polar surface area (TPSA) is 44.4 Å². The molecule has 1 aliphatic heterocycles. The van der Waals surface area contributed by atoms with Gasteiger partial charge in [-0.3, -0.25) is 4.79 Å². The Morgan fingerprint density at radius 3 is 2.79 bits per heavy atom. The van der Waals surface area contributed by atoms with Gasteiger partial charge in [0.15, 0.2) is 0 Å². The molecule has 104 valence electrons. The van der Waals surface area contributed by atoms with Crippen LogP contribution in [-0.4, -0.2) is 32.1 Å². The van der Waals surface area contributed by atoms with E-state index in [1.54, 1.807) is 0 Å². The van der Waals surface area contributed by atoms with Gasteiger partial charge in [0.2, 0.25) is 5.91 Å². The number of carbonyl (C=O) groups excluding carboxylic acids is 1. The SMILES string of the molecule is CN(C)c1cccc(NC(=O)C2(C)CCCCN2)c1. The zero-order valence-electron chi connectivity index (χ0n) is 12.0. The highest BCUT2D eigenvalue weighted by molar-refractivity contribution is 5.98. The summed E-state index contributed by atoms with van der Waals surface area (Å²) in [4.78, 5) is 14.4. The first-order valence-electron chi connectivity index (χ1n) is 6.85. The molecule has 2 N–H and O–H groups in total. The van der Waals surface area contributed by atoms with Gasteiger partial charge in [-0.25, -0.2) is 0 Å². The summed E-state index contributed by atoms with van der Waals surface area (Å²) in [6, 6.07) is 7.90. The lowest BCUT2D eigenvalue weighted by atomic mass is 9.90. The second-order valence-corrected chi connectivity index (χ2v) is 5.61. The van der Waals surface area contributed by atoms with Crippen LogP contribution in [0.4, 0.5) is 11.4 Å². The molecular weight excluding hydrogens is 238 g/mol. The summed E-state index contributed by atoms with van der Waals surface area (Å²) in [6.07, 6.45) is 3.15. The Morgan fingerprint density at radius 2 is 2.16 bits per heavy atom. The van der Waals surface area contributed by atoms with Crippen molar-refractivity contribution in [2.75, 3.05) is 30.9 Å².